The zero-order chi connectivity index (χ0) is 18.8. The van der Waals surface area contributed by atoms with Gasteiger partial charge in [0.05, 0.1) is 27.2 Å². The lowest BCUT2D eigenvalue weighted by molar-refractivity contribution is 0.323. The molecule has 2 aromatic carbocycles. The highest BCUT2D eigenvalue weighted by Crippen LogP contribution is 2.47. The molecule has 1 aliphatic rings. The minimum absolute atomic E-state index is 0.0457. The Morgan fingerprint density at radius 1 is 1.00 bits per heavy atom. The molecule has 0 fully saturated rings. The molecule has 0 aliphatic carbocycles. The number of nitrogens with zero attached hydrogens (tertiary/aromatic N) is 1. The molecule has 0 amide bonds. The Hall–Kier alpha value is -3.53. The highest BCUT2D eigenvalue weighted by Gasteiger charge is 2.32. The maximum Gasteiger partial charge on any atom is 0.205 e. The fourth-order valence-corrected chi connectivity index (χ4v) is 3.08. The molecule has 7 nitrogen and oxygen atoms in total. The second-order valence-electron chi connectivity index (χ2n) is 5.68. The number of nitrogens with two attached hydrogens (primary N) is 2. The molecule has 26 heavy (non-hydrogen) atoms. The van der Waals surface area contributed by atoms with E-state index in [0.717, 1.165) is 11.1 Å². The molecule has 0 spiro atoms. The largest absolute Gasteiger partial charge is 0.493 e. The van der Waals surface area contributed by atoms with Crippen LogP contribution in [0.25, 0.3) is 0 Å². The van der Waals surface area contributed by atoms with E-state index in [9.17, 15) is 5.26 Å². The molecular weight excluding hydrogens is 334 g/mol. The van der Waals surface area contributed by atoms with Gasteiger partial charge in [-0.15, -0.1) is 0 Å². The molecule has 0 unspecified atom stereocenters. The predicted molar refractivity (Wildman–Crippen MR) is 96.2 cm³/mol. The van der Waals surface area contributed by atoms with E-state index in [1.165, 1.54) is 21.3 Å². The average molecular weight is 353 g/mol. The molecule has 4 N–H and O–H groups in total. The van der Waals surface area contributed by atoms with Crippen molar-refractivity contribution in [3.05, 3.63) is 52.9 Å². The van der Waals surface area contributed by atoms with Crippen molar-refractivity contribution in [2.45, 2.75) is 5.92 Å². The topological polar surface area (TPSA) is 113 Å². The van der Waals surface area contributed by atoms with Crippen LogP contribution in [0.4, 0.5) is 5.69 Å². The first-order valence-electron chi connectivity index (χ1n) is 7.81. The van der Waals surface area contributed by atoms with Gasteiger partial charge in [0.1, 0.15) is 17.4 Å². The third-order valence-corrected chi connectivity index (χ3v) is 4.26. The van der Waals surface area contributed by atoms with Gasteiger partial charge in [-0.3, -0.25) is 0 Å². The van der Waals surface area contributed by atoms with Crippen molar-refractivity contribution in [1.82, 2.24) is 0 Å². The Kier molecular flexibility index (Phi) is 4.50. The number of methoxy groups -OCH3 is 3. The summed E-state index contributed by atoms with van der Waals surface area (Å²) < 4.78 is 21.8. The number of hydrogen-bond donors (Lipinski definition) is 2. The Morgan fingerprint density at radius 3 is 2.19 bits per heavy atom. The monoisotopic (exact) mass is 353 g/mol. The molecule has 0 bridgehead atoms. The first kappa shape index (κ1) is 17.3. The van der Waals surface area contributed by atoms with Crippen LogP contribution in [-0.2, 0) is 0 Å². The summed E-state index contributed by atoms with van der Waals surface area (Å²) in [4.78, 5) is 0. The number of hydrogen-bond acceptors (Lipinski definition) is 7. The number of nitriles is 1. The summed E-state index contributed by atoms with van der Waals surface area (Å²) in [5, 5.41) is 9.65. The van der Waals surface area contributed by atoms with Crippen LogP contribution >= 0.6 is 0 Å². The van der Waals surface area contributed by atoms with Crippen molar-refractivity contribution in [1.29, 1.82) is 5.26 Å². The van der Waals surface area contributed by atoms with E-state index in [2.05, 4.69) is 6.07 Å². The number of anilines is 1. The molecule has 0 aromatic heterocycles. The van der Waals surface area contributed by atoms with Crippen LogP contribution in [-0.4, -0.2) is 21.3 Å². The van der Waals surface area contributed by atoms with E-state index >= 15 is 0 Å². The third kappa shape index (κ3) is 2.71. The second-order valence-corrected chi connectivity index (χ2v) is 5.68. The van der Waals surface area contributed by atoms with Gasteiger partial charge in [-0.05, 0) is 23.8 Å². The third-order valence-electron chi connectivity index (χ3n) is 4.26. The Bertz CT molecular complexity index is 906. The van der Waals surface area contributed by atoms with Crippen LogP contribution < -0.4 is 30.4 Å². The average Bonchev–Trinajstić information content (AvgIpc) is 2.65. The normalized spacial score (nSPS) is 15.5. The Labute approximate surface area is 151 Å². The van der Waals surface area contributed by atoms with Gasteiger partial charge in [-0.2, -0.15) is 5.26 Å². The summed E-state index contributed by atoms with van der Waals surface area (Å²) in [6.45, 7) is 0. The first-order chi connectivity index (χ1) is 12.5. The summed E-state index contributed by atoms with van der Waals surface area (Å²) >= 11 is 0. The van der Waals surface area contributed by atoms with Gasteiger partial charge in [0.15, 0.2) is 11.5 Å². The zero-order valence-electron chi connectivity index (χ0n) is 14.7. The fraction of sp³-hybridized carbons (Fsp3) is 0.211. The molecule has 3 rings (SSSR count). The quantitative estimate of drug-likeness (QED) is 0.812. The summed E-state index contributed by atoms with van der Waals surface area (Å²) in [5.41, 5.74) is 14.2. The highest BCUT2D eigenvalue weighted by molar-refractivity contribution is 5.63. The summed E-state index contributed by atoms with van der Waals surface area (Å²) in [6.07, 6.45) is 0. The molecule has 0 saturated carbocycles. The standard InChI is InChI=1S/C19H19N3O4/c1-23-15-6-10(7-16(24-2)18(15)25-3)17-12-5-4-11(21)8-14(12)26-19(22)13(17)9-20/h4-8,17H,21-22H2,1-3H3/t17-/m0/s1. The van der Waals surface area contributed by atoms with Gasteiger partial charge in [0, 0.05) is 17.3 Å². The zero-order valence-corrected chi connectivity index (χ0v) is 14.7. The summed E-state index contributed by atoms with van der Waals surface area (Å²) in [5.74, 6) is 1.56. The van der Waals surface area contributed by atoms with Crippen molar-refractivity contribution in [3.63, 3.8) is 0 Å². The smallest absolute Gasteiger partial charge is 0.205 e. The lowest BCUT2D eigenvalue weighted by atomic mass is 9.83. The molecule has 1 atom stereocenters. The number of allylic oxidation sites excluding steroid dienone is 1. The maximum absolute atomic E-state index is 9.65. The van der Waals surface area contributed by atoms with Gasteiger partial charge >= 0.3 is 0 Å². The van der Waals surface area contributed by atoms with Gasteiger partial charge in [-0.25, -0.2) is 0 Å². The van der Waals surface area contributed by atoms with Crippen LogP contribution in [0.5, 0.6) is 23.0 Å². The van der Waals surface area contributed by atoms with Gasteiger partial charge in [0.2, 0.25) is 11.6 Å². The molecule has 7 heteroatoms. The number of fused-ring (bicyclic) bond motifs is 1. The van der Waals surface area contributed by atoms with Crippen LogP contribution in [0.2, 0.25) is 0 Å². The first-order valence-corrected chi connectivity index (χ1v) is 7.81. The van der Waals surface area contributed by atoms with Gasteiger partial charge < -0.3 is 30.4 Å². The van der Waals surface area contributed by atoms with E-state index in [1.807, 2.05) is 6.07 Å². The number of ether oxygens (including phenoxy) is 4. The number of rotatable bonds is 4. The molecule has 134 valence electrons. The predicted octanol–water partition coefficient (Wildman–Crippen LogP) is 2.51. The molecule has 1 heterocycles. The molecule has 0 saturated heterocycles. The summed E-state index contributed by atoms with van der Waals surface area (Å²) in [6, 6.07) is 11.0. The van der Waals surface area contributed by atoms with Crippen LogP contribution in [0, 0.1) is 11.3 Å². The van der Waals surface area contributed by atoms with Crippen LogP contribution in [0.15, 0.2) is 41.8 Å². The molecule has 2 aromatic rings. The van der Waals surface area contributed by atoms with Crippen molar-refractivity contribution >= 4 is 5.69 Å². The van der Waals surface area contributed by atoms with Gasteiger partial charge in [0.25, 0.3) is 0 Å². The maximum atomic E-state index is 9.65. The second kappa shape index (κ2) is 6.76. The van der Waals surface area contributed by atoms with Crippen molar-refractivity contribution < 1.29 is 18.9 Å². The minimum atomic E-state index is -0.446. The van der Waals surface area contributed by atoms with E-state index < -0.39 is 5.92 Å². The molecule has 1 aliphatic heterocycles. The summed E-state index contributed by atoms with van der Waals surface area (Å²) in [7, 11) is 4.61. The van der Waals surface area contributed by atoms with Crippen molar-refractivity contribution in [3.8, 4) is 29.1 Å². The lowest BCUT2D eigenvalue weighted by Crippen LogP contribution is -2.21. The number of nitrogen functional groups attached to an aromatic ring is 1. The van der Waals surface area contributed by atoms with E-state index in [1.54, 1.807) is 24.3 Å². The van der Waals surface area contributed by atoms with Crippen LogP contribution in [0.3, 0.4) is 0 Å². The Morgan fingerprint density at radius 2 is 1.65 bits per heavy atom. The van der Waals surface area contributed by atoms with Crippen molar-refractivity contribution in [2.75, 3.05) is 27.1 Å². The lowest BCUT2D eigenvalue weighted by Gasteiger charge is -2.27. The number of benzene rings is 2. The van der Waals surface area contributed by atoms with E-state index in [0.29, 0.717) is 34.3 Å². The highest BCUT2D eigenvalue weighted by atomic mass is 16.5. The SMILES string of the molecule is COc1cc([C@@H]2C(C#N)=C(N)Oc3cc(N)ccc32)cc(OC)c1OC. The molecular formula is C19H19N3O4. The fourth-order valence-electron chi connectivity index (χ4n) is 3.08. The van der Waals surface area contributed by atoms with Crippen LogP contribution in [0.1, 0.15) is 17.0 Å². The Balaban J connectivity index is 2.26. The minimum Gasteiger partial charge on any atom is -0.493 e. The van der Waals surface area contributed by atoms with E-state index in [4.69, 9.17) is 30.4 Å². The van der Waals surface area contributed by atoms with E-state index in [-0.39, 0.29) is 5.88 Å². The van der Waals surface area contributed by atoms with Crippen molar-refractivity contribution in [2.24, 2.45) is 5.73 Å². The van der Waals surface area contributed by atoms with Gasteiger partial charge in [-0.1, -0.05) is 6.07 Å². The molecule has 0 radical (unpaired) electrons.